The Labute approximate surface area is 121 Å². The molecule has 0 fully saturated rings. The molecule has 0 saturated heterocycles. The summed E-state index contributed by atoms with van der Waals surface area (Å²) in [6.45, 7) is 1.99. The Balaban J connectivity index is 2.66. The third-order valence-electron chi connectivity index (χ3n) is 2.40. The fraction of sp³-hybridized carbons (Fsp3) is 0.167. The fourth-order valence-electron chi connectivity index (χ4n) is 1.52. The van der Waals surface area contributed by atoms with E-state index in [0.717, 1.165) is 22.2 Å². The molecule has 1 heterocycles. The third kappa shape index (κ3) is 2.60. The van der Waals surface area contributed by atoms with E-state index in [4.69, 9.17) is 0 Å². The summed E-state index contributed by atoms with van der Waals surface area (Å²) < 4.78 is 1.59. The number of H-pyrrole nitrogens is 1. The minimum atomic E-state index is -0.0804. The SMILES string of the molecule is CCc1nc(-c2ccccc2Br)[nH]c(=O)c1I. The van der Waals surface area contributed by atoms with E-state index in [1.54, 1.807) is 0 Å². The Morgan fingerprint density at radius 3 is 2.76 bits per heavy atom. The Morgan fingerprint density at radius 2 is 2.12 bits per heavy atom. The molecule has 0 spiro atoms. The van der Waals surface area contributed by atoms with Crippen LogP contribution < -0.4 is 5.56 Å². The predicted molar refractivity (Wildman–Crippen MR) is 80.1 cm³/mol. The molecule has 0 atom stereocenters. The maximum absolute atomic E-state index is 11.8. The molecular formula is C12H10BrIN2O. The number of halogens is 2. The van der Waals surface area contributed by atoms with Gasteiger partial charge in [-0.05, 0) is 35.1 Å². The molecule has 88 valence electrons. The predicted octanol–water partition coefficient (Wildman–Crippen LogP) is 3.37. The molecule has 0 unspecified atom stereocenters. The average Bonchev–Trinajstić information content (AvgIpc) is 2.33. The normalized spacial score (nSPS) is 10.5. The minimum absolute atomic E-state index is 0.0804. The van der Waals surface area contributed by atoms with E-state index >= 15 is 0 Å². The second-order valence-electron chi connectivity index (χ2n) is 3.51. The second-order valence-corrected chi connectivity index (χ2v) is 5.44. The van der Waals surface area contributed by atoms with E-state index in [9.17, 15) is 4.79 Å². The first-order chi connectivity index (χ1) is 8.13. The Hall–Kier alpha value is -0.690. The molecular weight excluding hydrogens is 395 g/mol. The first kappa shape index (κ1) is 12.8. The summed E-state index contributed by atoms with van der Waals surface area (Å²) in [4.78, 5) is 19.1. The maximum atomic E-state index is 11.8. The van der Waals surface area contributed by atoms with Gasteiger partial charge in [-0.1, -0.05) is 41.1 Å². The summed E-state index contributed by atoms with van der Waals surface area (Å²) in [7, 11) is 0. The van der Waals surface area contributed by atoms with Crippen LogP contribution in [0, 0.1) is 3.57 Å². The van der Waals surface area contributed by atoms with Gasteiger partial charge in [-0.25, -0.2) is 4.98 Å². The number of hydrogen-bond acceptors (Lipinski definition) is 2. The smallest absolute Gasteiger partial charge is 0.264 e. The van der Waals surface area contributed by atoms with Gasteiger partial charge >= 0.3 is 0 Å². The molecule has 1 N–H and O–H groups in total. The zero-order chi connectivity index (χ0) is 12.4. The highest BCUT2D eigenvalue weighted by Crippen LogP contribution is 2.24. The van der Waals surface area contributed by atoms with Crippen molar-refractivity contribution in [2.24, 2.45) is 0 Å². The van der Waals surface area contributed by atoms with Gasteiger partial charge in [-0.3, -0.25) is 4.79 Å². The van der Waals surface area contributed by atoms with Crippen LogP contribution in [0.4, 0.5) is 0 Å². The van der Waals surface area contributed by atoms with Crippen LogP contribution in [0.2, 0.25) is 0 Å². The van der Waals surface area contributed by atoms with Gasteiger partial charge in [-0.2, -0.15) is 0 Å². The molecule has 2 aromatic rings. The minimum Gasteiger partial charge on any atom is -0.306 e. The van der Waals surface area contributed by atoms with Crippen LogP contribution in [0.3, 0.4) is 0 Å². The molecule has 0 aliphatic rings. The zero-order valence-electron chi connectivity index (χ0n) is 9.13. The summed E-state index contributed by atoms with van der Waals surface area (Å²) in [5, 5.41) is 0. The molecule has 2 rings (SSSR count). The number of nitrogens with zero attached hydrogens (tertiary/aromatic N) is 1. The van der Waals surface area contributed by atoms with Gasteiger partial charge in [0.05, 0.1) is 9.26 Å². The third-order valence-corrected chi connectivity index (χ3v) is 4.20. The highest BCUT2D eigenvalue weighted by molar-refractivity contribution is 14.1. The van der Waals surface area contributed by atoms with Gasteiger partial charge in [0.1, 0.15) is 5.82 Å². The number of aromatic amines is 1. The highest BCUT2D eigenvalue weighted by atomic mass is 127. The van der Waals surface area contributed by atoms with Crippen LogP contribution in [0.25, 0.3) is 11.4 Å². The van der Waals surface area contributed by atoms with Crippen LogP contribution in [0.15, 0.2) is 33.5 Å². The maximum Gasteiger partial charge on any atom is 0.264 e. The molecule has 1 aromatic heterocycles. The van der Waals surface area contributed by atoms with Gasteiger partial charge in [0.15, 0.2) is 0 Å². The van der Waals surface area contributed by atoms with E-state index in [-0.39, 0.29) is 5.56 Å². The monoisotopic (exact) mass is 404 g/mol. The van der Waals surface area contributed by atoms with Crippen molar-refractivity contribution in [1.29, 1.82) is 0 Å². The first-order valence-electron chi connectivity index (χ1n) is 5.17. The molecule has 17 heavy (non-hydrogen) atoms. The number of nitrogens with one attached hydrogen (secondary N) is 1. The van der Waals surface area contributed by atoms with Crippen LogP contribution >= 0.6 is 38.5 Å². The van der Waals surface area contributed by atoms with Crippen molar-refractivity contribution < 1.29 is 0 Å². The lowest BCUT2D eigenvalue weighted by molar-refractivity contribution is 0.968. The van der Waals surface area contributed by atoms with Crippen molar-refractivity contribution in [3.63, 3.8) is 0 Å². The van der Waals surface area contributed by atoms with Crippen LogP contribution in [0.1, 0.15) is 12.6 Å². The summed E-state index contributed by atoms with van der Waals surface area (Å²) in [5.74, 6) is 0.611. The van der Waals surface area contributed by atoms with Gasteiger partial charge < -0.3 is 4.98 Å². The van der Waals surface area contributed by atoms with Gasteiger partial charge in [0, 0.05) is 10.0 Å². The molecule has 5 heteroatoms. The average molecular weight is 405 g/mol. The standard InChI is InChI=1S/C12H10BrIN2O/c1-2-9-10(14)12(17)16-11(15-9)7-5-3-4-6-8(7)13/h3-6H,2H2,1H3,(H,15,16,17). The number of aryl methyl sites for hydroxylation is 1. The number of benzene rings is 1. The quantitative estimate of drug-likeness (QED) is 0.780. The summed E-state index contributed by atoms with van der Waals surface area (Å²) in [5.41, 5.74) is 1.65. The van der Waals surface area contributed by atoms with E-state index in [1.165, 1.54) is 0 Å². The van der Waals surface area contributed by atoms with Gasteiger partial charge in [0.2, 0.25) is 0 Å². The largest absolute Gasteiger partial charge is 0.306 e. The highest BCUT2D eigenvalue weighted by Gasteiger charge is 2.10. The van der Waals surface area contributed by atoms with Crippen molar-refractivity contribution in [2.75, 3.05) is 0 Å². The molecule has 0 amide bonds. The van der Waals surface area contributed by atoms with E-state index in [1.807, 2.05) is 53.8 Å². The first-order valence-corrected chi connectivity index (χ1v) is 7.04. The Morgan fingerprint density at radius 1 is 1.41 bits per heavy atom. The molecule has 0 aliphatic carbocycles. The van der Waals surface area contributed by atoms with Crippen LogP contribution in [-0.2, 0) is 6.42 Å². The van der Waals surface area contributed by atoms with Crippen LogP contribution in [-0.4, -0.2) is 9.97 Å². The number of aromatic nitrogens is 2. The Kier molecular flexibility index (Phi) is 3.98. The summed E-state index contributed by atoms with van der Waals surface area (Å²) in [6, 6.07) is 7.70. The molecule has 0 radical (unpaired) electrons. The van der Waals surface area contributed by atoms with Crippen LogP contribution in [0.5, 0.6) is 0 Å². The van der Waals surface area contributed by atoms with Gasteiger partial charge in [0.25, 0.3) is 5.56 Å². The summed E-state index contributed by atoms with van der Waals surface area (Å²) >= 11 is 5.49. The molecule has 0 saturated carbocycles. The second kappa shape index (κ2) is 5.30. The number of hydrogen-bond donors (Lipinski definition) is 1. The van der Waals surface area contributed by atoms with E-state index in [2.05, 4.69) is 25.9 Å². The van der Waals surface area contributed by atoms with Crippen molar-refractivity contribution in [3.05, 3.63) is 48.4 Å². The Bertz CT molecular complexity index is 610. The number of rotatable bonds is 2. The molecule has 0 aliphatic heterocycles. The lowest BCUT2D eigenvalue weighted by Gasteiger charge is -2.06. The lowest BCUT2D eigenvalue weighted by atomic mass is 10.2. The van der Waals surface area contributed by atoms with Crippen molar-refractivity contribution in [2.45, 2.75) is 13.3 Å². The zero-order valence-corrected chi connectivity index (χ0v) is 12.9. The fourth-order valence-corrected chi connectivity index (χ4v) is 2.63. The summed E-state index contributed by atoms with van der Waals surface area (Å²) in [6.07, 6.45) is 0.750. The van der Waals surface area contributed by atoms with Crippen molar-refractivity contribution >= 4 is 38.5 Å². The van der Waals surface area contributed by atoms with Crippen molar-refractivity contribution in [1.82, 2.24) is 9.97 Å². The molecule has 3 nitrogen and oxygen atoms in total. The van der Waals surface area contributed by atoms with Crippen molar-refractivity contribution in [3.8, 4) is 11.4 Å². The van der Waals surface area contributed by atoms with E-state index in [0.29, 0.717) is 9.39 Å². The molecule has 1 aromatic carbocycles. The lowest BCUT2D eigenvalue weighted by Crippen LogP contribution is -2.16. The van der Waals surface area contributed by atoms with E-state index < -0.39 is 0 Å². The van der Waals surface area contributed by atoms with Gasteiger partial charge in [-0.15, -0.1) is 0 Å². The molecule has 0 bridgehead atoms. The topological polar surface area (TPSA) is 45.8 Å².